The fourth-order valence-corrected chi connectivity index (χ4v) is 2.84. The van der Waals surface area contributed by atoms with Crippen LogP contribution in [-0.4, -0.2) is 40.8 Å². The Morgan fingerprint density at radius 2 is 1.92 bits per heavy atom. The first-order valence-electron chi connectivity index (χ1n) is 8.04. The number of rotatable bonds is 3. The molecule has 0 aromatic heterocycles. The van der Waals surface area contributed by atoms with Crippen molar-refractivity contribution in [2.75, 3.05) is 13.1 Å². The maximum Gasteiger partial charge on any atom is 0.323 e. The maximum absolute atomic E-state index is 12.3. The van der Waals surface area contributed by atoms with Gasteiger partial charge in [0.05, 0.1) is 0 Å². The highest BCUT2D eigenvalue weighted by molar-refractivity contribution is 5.98. The lowest BCUT2D eigenvalue weighted by atomic mass is 9.96. The van der Waals surface area contributed by atoms with Crippen molar-refractivity contribution in [1.82, 2.24) is 4.90 Å². The predicted molar refractivity (Wildman–Crippen MR) is 97.1 cm³/mol. The highest BCUT2D eigenvalue weighted by Crippen LogP contribution is 2.20. The molecule has 2 aromatic rings. The number of amidine groups is 1. The number of carbonyl (C=O) groups is 2. The summed E-state index contributed by atoms with van der Waals surface area (Å²) in [6.07, 6.45) is 0.601. The van der Waals surface area contributed by atoms with E-state index in [0.717, 1.165) is 16.7 Å². The molecule has 1 aliphatic rings. The minimum Gasteiger partial charge on any atom is -0.480 e. The molecule has 0 fully saturated rings. The van der Waals surface area contributed by atoms with E-state index in [4.69, 9.17) is 16.2 Å². The average molecular weight is 347 g/mol. The maximum atomic E-state index is 12.3. The molecule has 2 aromatic carbocycles. The van der Waals surface area contributed by atoms with Crippen LogP contribution >= 0.6 is 0 Å². The molecular weight excluding hydrogens is 330 g/mol. The van der Waals surface area contributed by atoms with Gasteiger partial charge in [0.25, 0.3) is 5.91 Å². The van der Waals surface area contributed by atoms with Gasteiger partial charge in [0.1, 0.15) is 12.4 Å². The molecule has 0 atom stereocenters. The highest BCUT2D eigenvalue weighted by atomic mass is 16.4. The summed E-state index contributed by atoms with van der Waals surface area (Å²) in [5.41, 5.74) is 9.03. The summed E-state index contributed by atoms with van der Waals surface area (Å²) in [5.74, 6) is 4.80. The Bertz CT molecular complexity index is 970. The normalized spacial score (nSPS) is 12.8. The van der Waals surface area contributed by atoms with Gasteiger partial charge in [-0.1, -0.05) is 24.0 Å². The quantitative estimate of drug-likeness (QED) is 0.444. The summed E-state index contributed by atoms with van der Waals surface area (Å²) in [7, 11) is 0. The number of nitrogens with zero attached hydrogens (tertiary/aromatic N) is 1. The zero-order valence-corrected chi connectivity index (χ0v) is 14.0. The number of carboxylic acid groups (broad SMARTS) is 1. The highest BCUT2D eigenvalue weighted by Gasteiger charge is 2.25. The summed E-state index contributed by atoms with van der Waals surface area (Å²) in [6.45, 7) is 0.0992. The number of nitrogens with two attached hydrogens (primary N) is 1. The van der Waals surface area contributed by atoms with Gasteiger partial charge in [-0.3, -0.25) is 15.0 Å². The lowest BCUT2D eigenvalue weighted by molar-refractivity contribution is -0.137. The van der Waals surface area contributed by atoms with E-state index in [-0.39, 0.29) is 18.3 Å². The van der Waals surface area contributed by atoms with Crippen molar-refractivity contribution in [3.05, 3.63) is 70.3 Å². The van der Waals surface area contributed by atoms with E-state index in [1.807, 2.05) is 12.1 Å². The summed E-state index contributed by atoms with van der Waals surface area (Å²) < 4.78 is 0. The molecule has 1 aliphatic heterocycles. The Morgan fingerprint density at radius 1 is 1.19 bits per heavy atom. The van der Waals surface area contributed by atoms with Crippen LogP contribution in [0, 0.1) is 17.3 Å². The number of carboxylic acids is 1. The van der Waals surface area contributed by atoms with E-state index in [2.05, 4.69) is 11.8 Å². The van der Waals surface area contributed by atoms with E-state index < -0.39 is 5.97 Å². The fourth-order valence-electron chi connectivity index (χ4n) is 2.84. The molecule has 0 radical (unpaired) electrons. The van der Waals surface area contributed by atoms with Crippen LogP contribution in [0.1, 0.15) is 32.6 Å². The number of benzene rings is 2. The van der Waals surface area contributed by atoms with Crippen molar-refractivity contribution >= 4 is 17.7 Å². The van der Waals surface area contributed by atoms with Crippen LogP contribution in [0.15, 0.2) is 42.5 Å². The zero-order valence-electron chi connectivity index (χ0n) is 14.0. The minimum absolute atomic E-state index is 0.00754. The molecule has 1 heterocycles. The van der Waals surface area contributed by atoms with E-state index in [9.17, 15) is 9.59 Å². The molecule has 0 spiro atoms. The lowest BCUT2D eigenvalue weighted by Crippen LogP contribution is -2.40. The number of amides is 1. The van der Waals surface area contributed by atoms with Crippen molar-refractivity contribution in [2.45, 2.75) is 6.42 Å². The molecule has 0 saturated carbocycles. The second-order valence-electron chi connectivity index (χ2n) is 5.99. The van der Waals surface area contributed by atoms with Crippen LogP contribution in [0.25, 0.3) is 0 Å². The summed E-state index contributed by atoms with van der Waals surface area (Å²) >= 11 is 0. The number of carbonyl (C=O) groups excluding carboxylic acids is 1. The first-order chi connectivity index (χ1) is 12.4. The zero-order chi connectivity index (χ0) is 18.7. The first kappa shape index (κ1) is 17.2. The molecule has 3 rings (SSSR count). The molecule has 0 unspecified atom stereocenters. The van der Waals surface area contributed by atoms with Gasteiger partial charge < -0.3 is 15.7 Å². The van der Waals surface area contributed by atoms with Gasteiger partial charge >= 0.3 is 5.97 Å². The van der Waals surface area contributed by atoms with Gasteiger partial charge in [-0.15, -0.1) is 0 Å². The van der Waals surface area contributed by atoms with Crippen molar-refractivity contribution in [1.29, 1.82) is 5.41 Å². The largest absolute Gasteiger partial charge is 0.480 e. The molecule has 0 aliphatic carbocycles. The Morgan fingerprint density at radius 3 is 2.62 bits per heavy atom. The van der Waals surface area contributed by atoms with Crippen LogP contribution in [0.4, 0.5) is 0 Å². The van der Waals surface area contributed by atoms with Gasteiger partial charge in [0.15, 0.2) is 0 Å². The SMILES string of the molecule is N=C(N)c1cccc(C#Cc2ccc3c(c2)CCN(CC(=O)O)C3=O)c1. The second-order valence-corrected chi connectivity index (χ2v) is 5.99. The smallest absolute Gasteiger partial charge is 0.323 e. The summed E-state index contributed by atoms with van der Waals surface area (Å²) in [4.78, 5) is 24.5. The molecule has 0 bridgehead atoms. The van der Waals surface area contributed by atoms with E-state index in [1.165, 1.54) is 4.90 Å². The van der Waals surface area contributed by atoms with Crippen molar-refractivity contribution in [3.63, 3.8) is 0 Å². The Hall–Kier alpha value is -3.59. The van der Waals surface area contributed by atoms with Crippen molar-refractivity contribution in [2.24, 2.45) is 5.73 Å². The fraction of sp³-hybridized carbons (Fsp3) is 0.150. The number of fused-ring (bicyclic) bond motifs is 1. The molecule has 130 valence electrons. The number of aliphatic carboxylic acids is 1. The third kappa shape index (κ3) is 3.73. The molecule has 26 heavy (non-hydrogen) atoms. The Balaban J connectivity index is 1.83. The van der Waals surface area contributed by atoms with Crippen LogP contribution < -0.4 is 5.73 Å². The Labute approximate surface area is 150 Å². The van der Waals surface area contributed by atoms with E-state index >= 15 is 0 Å². The molecule has 0 saturated heterocycles. The molecular formula is C20H17N3O3. The van der Waals surface area contributed by atoms with E-state index in [0.29, 0.717) is 24.1 Å². The molecule has 6 nitrogen and oxygen atoms in total. The molecule has 4 N–H and O–H groups in total. The van der Waals surface area contributed by atoms with Gasteiger partial charge in [0, 0.05) is 28.8 Å². The van der Waals surface area contributed by atoms with Gasteiger partial charge in [-0.2, -0.15) is 0 Å². The number of nitrogen functional groups attached to an aromatic ring is 1. The van der Waals surface area contributed by atoms with Crippen LogP contribution in [0.3, 0.4) is 0 Å². The van der Waals surface area contributed by atoms with Crippen molar-refractivity contribution < 1.29 is 14.7 Å². The minimum atomic E-state index is -1.02. The van der Waals surface area contributed by atoms with Crippen LogP contribution in [-0.2, 0) is 11.2 Å². The number of nitrogens with one attached hydrogen (secondary N) is 1. The molecule has 1 amide bonds. The third-order valence-corrected chi connectivity index (χ3v) is 4.12. The molecule has 6 heteroatoms. The predicted octanol–water partition coefficient (Wildman–Crippen LogP) is 1.45. The lowest BCUT2D eigenvalue weighted by Gasteiger charge is -2.27. The first-order valence-corrected chi connectivity index (χ1v) is 8.04. The van der Waals surface area contributed by atoms with Gasteiger partial charge in [0.2, 0.25) is 0 Å². The van der Waals surface area contributed by atoms with Crippen LogP contribution in [0.2, 0.25) is 0 Å². The summed E-state index contributed by atoms with van der Waals surface area (Å²) in [6, 6.07) is 12.5. The topological polar surface area (TPSA) is 107 Å². The van der Waals surface area contributed by atoms with Crippen LogP contribution in [0.5, 0.6) is 0 Å². The standard InChI is InChI=1S/C20H17N3O3/c21-19(22)16-3-1-2-13(11-16)4-5-14-6-7-17-15(10-14)8-9-23(20(17)26)12-18(24)25/h1-3,6-7,10-11H,8-9,12H2,(H3,21,22)(H,24,25). The van der Waals surface area contributed by atoms with Crippen molar-refractivity contribution in [3.8, 4) is 11.8 Å². The third-order valence-electron chi connectivity index (χ3n) is 4.12. The number of hydrogen-bond donors (Lipinski definition) is 3. The number of hydrogen-bond acceptors (Lipinski definition) is 3. The Kier molecular flexibility index (Phi) is 4.72. The monoisotopic (exact) mass is 347 g/mol. The summed E-state index contributed by atoms with van der Waals surface area (Å²) in [5, 5.41) is 16.3. The second kappa shape index (κ2) is 7.11. The average Bonchev–Trinajstić information content (AvgIpc) is 2.62. The van der Waals surface area contributed by atoms with E-state index in [1.54, 1.807) is 30.3 Å². The van der Waals surface area contributed by atoms with Gasteiger partial charge in [-0.25, -0.2) is 0 Å². The van der Waals surface area contributed by atoms with Gasteiger partial charge in [-0.05, 0) is 42.3 Å².